The van der Waals surface area contributed by atoms with Gasteiger partial charge in [0.15, 0.2) is 23.0 Å². The van der Waals surface area contributed by atoms with Gasteiger partial charge in [-0.3, -0.25) is 5.21 Å². The van der Waals surface area contributed by atoms with Crippen molar-refractivity contribution >= 4 is 6.03 Å². The zero-order chi connectivity index (χ0) is 27.7. The van der Waals surface area contributed by atoms with Crippen molar-refractivity contribution in [2.45, 2.75) is 44.8 Å². The number of rotatable bonds is 12. The van der Waals surface area contributed by atoms with Crippen molar-refractivity contribution in [3.63, 3.8) is 0 Å². The molecule has 1 fully saturated rings. The molecule has 1 aliphatic rings. The minimum absolute atomic E-state index is 0.148. The molecule has 2 aromatic rings. The lowest BCUT2D eigenvalue weighted by atomic mass is 9.99. The highest BCUT2D eigenvalue weighted by Gasteiger charge is 2.31. The lowest BCUT2D eigenvalue weighted by Crippen LogP contribution is -2.31. The van der Waals surface area contributed by atoms with E-state index in [4.69, 9.17) is 28.4 Å². The van der Waals surface area contributed by atoms with Crippen LogP contribution in [0.3, 0.4) is 0 Å². The van der Waals surface area contributed by atoms with Gasteiger partial charge in [-0.1, -0.05) is 13.0 Å². The second-order valence-corrected chi connectivity index (χ2v) is 8.79. The van der Waals surface area contributed by atoms with Gasteiger partial charge < -0.3 is 33.7 Å². The Labute approximate surface area is 224 Å². The van der Waals surface area contributed by atoms with Gasteiger partial charge in [-0.2, -0.15) is 0 Å². The fourth-order valence-corrected chi connectivity index (χ4v) is 4.37. The molecule has 0 radical (unpaired) electrons. The van der Waals surface area contributed by atoms with E-state index >= 15 is 0 Å². The Kier molecular flexibility index (Phi) is 10.5. The van der Waals surface area contributed by atoms with Crippen LogP contribution in [0.25, 0.3) is 0 Å². The van der Waals surface area contributed by atoms with E-state index in [0.29, 0.717) is 46.8 Å². The third kappa shape index (κ3) is 6.81. The highest BCUT2D eigenvalue weighted by molar-refractivity contribution is 5.73. The summed E-state index contributed by atoms with van der Waals surface area (Å²) in [5.41, 5.74) is 2.82. The highest BCUT2D eigenvalue weighted by Crippen LogP contribution is 2.47. The van der Waals surface area contributed by atoms with Gasteiger partial charge in [0.2, 0.25) is 5.75 Å². The van der Waals surface area contributed by atoms with Crippen LogP contribution in [-0.4, -0.2) is 58.4 Å². The molecule has 1 aliphatic heterocycles. The molecule has 3 rings (SSSR count). The summed E-state index contributed by atoms with van der Waals surface area (Å²) in [5.74, 6) is 2.99. The number of ether oxygens (including phenoxy) is 6. The summed E-state index contributed by atoms with van der Waals surface area (Å²) >= 11 is 0. The average molecular weight is 531 g/mol. The van der Waals surface area contributed by atoms with Gasteiger partial charge >= 0.3 is 6.03 Å². The number of hydroxylamine groups is 2. The summed E-state index contributed by atoms with van der Waals surface area (Å²) in [4.78, 5) is 11.6. The molecule has 2 amide bonds. The Morgan fingerprint density at radius 2 is 1.53 bits per heavy atom. The molecule has 1 heterocycles. The third-order valence-electron chi connectivity index (χ3n) is 6.23. The van der Waals surface area contributed by atoms with Gasteiger partial charge in [-0.05, 0) is 61.1 Å². The zero-order valence-corrected chi connectivity index (χ0v) is 22.9. The number of urea groups is 1. The molecular weight excluding hydrogens is 492 g/mol. The predicted octanol–water partition coefficient (Wildman–Crippen LogP) is 5.19. The van der Waals surface area contributed by atoms with E-state index in [9.17, 15) is 10.0 Å². The molecule has 2 aromatic carbocycles. The van der Waals surface area contributed by atoms with Crippen LogP contribution in [0.2, 0.25) is 0 Å². The molecule has 0 saturated carbocycles. The quantitative estimate of drug-likeness (QED) is 0.285. The lowest BCUT2D eigenvalue weighted by molar-refractivity contribution is -0.0168. The Morgan fingerprint density at radius 3 is 2.03 bits per heavy atom. The molecule has 2 N–H and O–H groups in total. The van der Waals surface area contributed by atoms with Crippen molar-refractivity contribution in [3.8, 4) is 28.7 Å². The third-order valence-corrected chi connectivity index (χ3v) is 6.23. The number of nitrogens with one attached hydrogen (secondary N) is 1. The first-order valence-corrected chi connectivity index (χ1v) is 12.5. The Balaban J connectivity index is 1.87. The van der Waals surface area contributed by atoms with Crippen LogP contribution in [0.1, 0.15) is 55.1 Å². The second kappa shape index (κ2) is 13.8. The van der Waals surface area contributed by atoms with E-state index < -0.39 is 6.03 Å². The van der Waals surface area contributed by atoms with Crippen molar-refractivity contribution in [1.29, 1.82) is 0 Å². The molecule has 1 saturated heterocycles. The largest absolute Gasteiger partial charge is 0.493 e. The molecule has 2 atom stereocenters. The van der Waals surface area contributed by atoms with Crippen LogP contribution in [0.4, 0.5) is 4.79 Å². The van der Waals surface area contributed by atoms with E-state index in [1.54, 1.807) is 34.5 Å². The van der Waals surface area contributed by atoms with E-state index in [0.717, 1.165) is 36.0 Å². The summed E-state index contributed by atoms with van der Waals surface area (Å²) in [6.45, 7) is 2.58. The number of methoxy groups -OCH3 is 4. The van der Waals surface area contributed by atoms with E-state index in [1.807, 2.05) is 25.1 Å². The first kappa shape index (κ1) is 28.9. The number of hydrogen-bond acceptors (Lipinski definition) is 8. The smallest absolute Gasteiger partial charge is 0.344 e. The first-order chi connectivity index (χ1) is 18.4. The van der Waals surface area contributed by atoms with Crippen molar-refractivity contribution in [2.24, 2.45) is 0 Å². The SMILES string of the molecule is CCCOc1c(CC=CNC(=O)N(C)O)cc(C2CCC(c3cc(OC)c(OC)c(OC)c3)O2)cc1OC. The maximum atomic E-state index is 11.6. The fourth-order valence-electron chi connectivity index (χ4n) is 4.37. The van der Waals surface area contributed by atoms with Crippen LogP contribution in [0.5, 0.6) is 28.7 Å². The van der Waals surface area contributed by atoms with Gasteiger partial charge in [-0.15, -0.1) is 0 Å². The van der Waals surface area contributed by atoms with Crippen LogP contribution >= 0.6 is 0 Å². The summed E-state index contributed by atoms with van der Waals surface area (Å²) in [5, 5.41) is 12.2. The number of amides is 2. The summed E-state index contributed by atoms with van der Waals surface area (Å²) < 4.78 is 34.7. The van der Waals surface area contributed by atoms with Crippen molar-refractivity contribution < 1.29 is 38.4 Å². The average Bonchev–Trinajstić information content (AvgIpc) is 3.43. The van der Waals surface area contributed by atoms with Crippen LogP contribution in [0, 0.1) is 0 Å². The molecule has 38 heavy (non-hydrogen) atoms. The molecule has 0 aliphatic carbocycles. The minimum Gasteiger partial charge on any atom is -0.493 e. The molecule has 0 spiro atoms. The molecular formula is C28H38N2O8. The van der Waals surface area contributed by atoms with Crippen LogP contribution in [0.15, 0.2) is 36.5 Å². The van der Waals surface area contributed by atoms with Crippen molar-refractivity contribution in [1.82, 2.24) is 10.4 Å². The molecule has 0 bridgehead atoms. The summed E-state index contributed by atoms with van der Waals surface area (Å²) in [6, 6.07) is 7.23. The monoisotopic (exact) mass is 530 g/mol. The first-order valence-electron chi connectivity index (χ1n) is 12.5. The summed E-state index contributed by atoms with van der Waals surface area (Å²) in [7, 11) is 7.63. The molecule has 10 nitrogen and oxygen atoms in total. The second-order valence-electron chi connectivity index (χ2n) is 8.79. The van der Waals surface area contributed by atoms with Gasteiger partial charge in [-0.25, -0.2) is 9.86 Å². The number of carbonyl (C=O) groups excluding carboxylic acids is 1. The van der Waals surface area contributed by atoms with Crippen LogP contribution < -0.4 is 29.0 Å². The highest BCUT2D eigenvalue weighted by atomic mass is 16.5. The lowest BCUT2D eigenvalue weighted by Gasteiger charge is -2.20. The zero-order valence-electron chi connectivity index (χ0n) is 22.9. The predicted molar refractivity (Wildman–Crippen MR) is 142 cm³/mol. The van der Waals surface area contributed by atoms with Crippen molar-refractivity contribution in [3.05, 3.63) is 53.2 Å². The maximum Gasteiger partial charge on any atom is 0.344 e. The number of allylic oxidation sites excluding steroid dienone is 1. The van der Waals surface area contributed by atoms with Gasteiger partial charge in [0.05, 0.1) is 47.3 Å². The van der Waals surface area contributed by atoms with Crippen LogP contribution in [-0.2, 0) is 11.2 Å². The van der Waals surface area contributed by atoms with E-state index in [-0.39, 0.29) is 12.2 Å². The summed E-state index contributed by atoms with van der Waals surface area (Å²) in [6.07, 6.45) is 5.92. The molecule has 10 heteroatoms. The molecule has 0 aromatic heterocycles. The molecule has 208 valence electrons. The Hall–Kier alpha value is -3.63. The van der Waals surface area contributed by atoms with E-state index in [2.05, 4.69) is 11.4 Å². The maximum absolute atomic E-state index is 11.6. The Bertz CT molecular complexity index is 1090. The Morgan fingerprint density at radius 1 is 0.974 bits per heavy atom. The van der Waals surface area contributed by atoms with Crippen molar-refractivity contribution in [2.75, 3.05) is 42.1 Å². The standard InChI is InChI=1S/C28H38N2O8/c1-7-13-37-26-18(9-8-12-29-28(31)30(2)32)14-19(15-23(26)33-3)21-10-11-22(38-21)20-16-24(34-4)27(36-6)25(17-20)35-5/h8,12,14-17,21-22,32H,7,9-11,13H2,1-6H3,(H,29,31). The topological polar surface area (TPSA) is 108 Å². The molecule has 2 unspecified atom stereocenters. The van der Waals surface area contributed by atoms with Gasteiger partial charge in [0.25, 0.3) is 0 Å². The van der Waals surface area contributed by atoms with Gasteiger partial charge in [0.1, 0.15) is 0 Å². The fraction of sp³-hybridized carbons (Fsp3) is 0.464. The minimum atomic E-state index is -0.632. The van der Waals surface area contributed by atoms with Gasteiger partial charge in [0, 0.05) is 18.8 Å². The normalized spacial score (nSPS) is 16.8. The number of benzene rings is 2. The number of carbonyl (C=O) groups is 1. The number of nitrogens with zero attached hydrogens (tertiary/aromatic N) is 1. The van der Waals surface area contributed by atoms with E-state index in [1.165, 1.54) is 13.2 Å². The number of hydrogen-bond donors (Lipinski definition) is 2.